The maximum atomic E-state index is 12.5. The molecule has 4 heteroatoms. The topological polar surface area (TPSA) is 44.4 Å². The van der Waals surface area contributed by atoms with Crippen LogP contribution >= 0.6 is 0 Å². The van der Waals surface area contributed by atoms with Crippen LogP contribution in [0.4, 0.5) is 5.69 Å². The van der Waals surface area contributed by atoms with Gasteiger partial charge in [-0.2, -0.15) is 0 Å². The average molecular weight is 273 g/mol. The number of para-hydroxylation sites is 1. The maximum absolute atomic E-state index is 12.5. The highest BCUT2D eigenvalue weighted by atomic mass is 16.1. The van der Waals surface area contributed by atoms with Gasteiger partial charge in [-0.05, 0) is 44.9 Å². The number of anilines is 1. The van der Waals surface area contributed by atoms with Gasteiger partial charge in [0.25, 0.3) is 5.91 Å². The number of benzene rings is 1. The first-order valence-electron chi connectivity index (χ1n) is 7.67. The molecule has 1 amide bonds. The monoisotopic (exact) mass is 273 g/mol. The number of hydrogen-bond donors (Lipinski definition) is 2. The Balaban J connectivity index is 1.70. The Morgan fingerprint density at radius 2 is 2.15 bits per heavy atom. The summed E-state index contributed by atoms with van der Waals surface area (Å²) >= 11 is 0. The van der Waals surface area contributed by atoms with E-state index in [1.165, 1.54) is 19.4 Å². The fourth-order valence-electron chi connectivity index (χ4n) is 3.52. The van der Waals surface area contributed by atoms with Gasteiger partial charge < -0.3 is 10.6 Å². The van der Waals surface area contributed by atoms with Crippen LogP contribution in [-0.2, 0) is 0 Å². The van der Waals surface area contributed by atoms with Crippen molar-refractivity contribution in [1.82, 2.24) is 10.2 Å². The molecular formula is C16H23N3O. The molecule has 0 aromatic heterocycles. The predicted molar refractivity (Wildman–Crippen MR) is 81.1 cm³/mol. The van der Waals surface area contributed by atoms with E-state index in [-0.39, 0.29) is 5.91 Å². The van der Waals surface area contributed by atoms with Crippen LogP contribution in [0.3, 0.4) is 0 Å². The first-order valence-corrected chi connectivity index (χ1v) is 7.67. The van der Waals surface area contributed by atoms with Gasteiger partial charge in [-0.1, -0.05) is 12.1 Å². The molecule has 2 aliphatic heterocycles. The predicted octanol–water partition coefficient (Wildman–Crippen LogP) is 2.08. The summed E-state index contributed by atoms with van der Waals surface area (Å²) in [5.74, 6) is 0.0558. The standard InChI is InChI=1S/C16H23N3O/c1-2-17-13-7-4-3-6-12(13)16(20)18-14-9-11-19-10-5-8-15(14)19/h3-4,6-7,14-15,17H,2,5,8-11H2,1H3,(H,18,20). The van der Waals surface area contributed by atoms with Crippen molar-refractivity contribution >= 4 is 11.6 Å². The number of nitrogens with zero attached hydrogens (tertiary/aromatic N) is 1. The SMILES string of the molecule is CCNc1ccccc1C(=O)NC1CCN2CCCC12. The molecule has 108 valence electrons. The van der Waals surface area contributed by atoms with E-state index in [1.807, 2.05) is 31.2 Å². The molecular weight excluding hydrogens is 250 g/mol. The van der Waals surface area contributed by atoms with E-state index in [0.29, 0.717) is 12.1 Å². The third-order valence-electron chi connectivity index (χ3n) is 4.46. The Kier molecular flexibility index (Phi) is 3.92. The van der Waals surface area contributed by atoms with Crippen molar-refractivity contribution in [2.75, 3.05) is 25.0 Å². The lowest BCUT2D eigenvalue weighted by Crippen LogP contribution is -2.42. The zero-order valence-electron chi connectivity index (χ0n) is 12.1. The van der Waals surface area contributed by atoms with Gasteiger partial charge in [-0.3, -0.25) is 9.69 Å². The molecule has 0 saturated carbocycles. The summed E-state index contributed by atoms with van der Waals surface area (Å²) in [6.07, 6.45) is 3.57. The van der Waals surface area contributed by atoms with Crippen LogP contribution in [0.15, 0.2) is 24.3 Å². The molecule has 4 nitrogen and oxygen atoms in total. The van der Waals surface area contributed by atoms with E-state index in [4.69, 9.17) is 0 Å². The summed E-state index contributed by atoms with van der Waals surface area (Å²) in [5.41, 5.74) is 1.68. The number of rotatable bonds is 4. The highest BCUT2D eigenvalue weighted by Crippen LogP contribution is 2.28. The summed E-state index contributed by atoms with van der Waals surface area (Å²) < 4.78 is 0. The number of nitrogens with one attached hydrogen (secondary N) is 2. The first-order chi connectivity index (χ1) is 9.79. The lowest BCUT2D eigenvalue weighted by Gasteiger charge is -2.22. The molecule has 2 heterocycles. The van der Waals surface area contributed by atoms with Crippen LogP contribution < -0.4 is 10.6 Å². The fraction of sp³-hybridized carbons (Fsp3) is 0.562. The normalized spacial score (nSPS) is 25.4. The van der Waals surface area contributed by atoms with Crippen LogP contribution in [-0.4, -0.2) is 42.5 Å². The van der Waals surface area contributed by atoms with Crippen molar-refractivity contribution in [3.05, 3.63) is 29.8 Å². The molecule has 2 aliphatic rings. The minimum absolute atomic E-state index is 0.0558. The Labute approximate surface area is 120 Å². The number of carbonyl (C=O) groups is 1. The fourth-order valence-corrected chi connectivity index (χ4v) is 3.52. The Morgan fingerprint density at radius 1 is 1.30 bits per heavy atom. The van der Waals surface area contributed by atoms with Gasteiger partial charge in [0, 0.05) is 30.9 Å². The van der Waals surface area contributed by atoms with Gasteiger partial charge in [-0.25, -0.2) is 0 Å². The van der Waals surface area contributed by atoms with Crippen molar-refractivity contribution < 1.29 is 4.79 Å². The minimum Gasteiger partial charge on any atom is -0.385 e. The molecule has 3 rings (SSSR count). The van der Waals surface area contributed by atoms with E-state index in [9.17, 15) is 4.79 Å². The number of hydrogen-bond acceptors (Lipinski definition) is 3. The quantitative estimate of drug-likeness (QED) is 0.883. The lowest BCUT2D eigenvalue weighted by atomic mass is 10.1. The van der Waals surface area contributed by atoms with Crippen LogP contribution in [0.5, 0.6) is 0 Å². The van der Waals surface area contributed by atoms with Crippen LogP contribution in [0.25, 0.3) is 0 Å². The van der Waals surface area contributed by atoms with Gasteiger partial charge in [0.05, 0.1) is 5.56 Å². The lowest BCUT2D eigenvalue weighted by molar-refractivity contribution is 0.0930. The summed E-state index contributed by atoms with van der Waals surface area (Å²) in [6.45, 7) is 5.20. The van der Waals surface area contributed by atoms with E-state index in [0.717, 1.165) is 30.8 Å². The highest BCUT2D eigenvalue weighted by molar-refractivity contribution is 5.99. The van der Waals surface area contributed by atoms with Crippen molar-refractivity contribution in [3.8, 4) is 0 Å². The molecule has 0 radical (unpaired) electrons. The molecule has 0 aliphatic carbocycles. The zero-order chi connectivity index (χ0) is 13.9. The highest BCUT2D eigenvalue weighted by Gasteiger charge is 2.37. The van der Waals surface area contributed by atoms with Crippen LogP contribution in [0, 0.1) is 0 Å². The van der Waals surface area contributed by atoms with Crippen LogP contribution in [0.1, 0.15) is 36.5 Å². The minimum atomic E-state index is 0.0558. The summed E-state index contributed by atoms with van der Waals surface area (Å²) in [6, 6.07) is 8.63. The summed E-state index contributed by atoms with van der Waals surface area (Å²) in [4.78, 5) is 15.0. The second kappa shape index (κ2) is 5.83. The molecule has 2 unspecified atom stereocenters. The van der Waals surface area contributed by atoms with Crippen LogP contribution in [0.2, 0.25) is 0 Å². The van der Waals surface area contributed by atoms with Crippen molar-refractivity contribution in [1.29, 1.82) is 0 Å². The number of amides is 1. The van der Waals surface area contributed by atoms with E-state index in [2.05, 4.69) is 15.5 Å². The van der Waals surface area contributed by atoms with Gasteiger partial charge in [0.2, 0.25) is 0 Å². The Bertz CT molecular complexity index is 488. The zero-order valence-corrected chi connectivity index (χ0v) is 12.1. The molecule has 2 fully saturated rings. The summed E-state index contributed by atoms with van der Waals surface area (Å²) in [7, 11) is 0. The molecule has 20 heavy (non-hydrogen) atoms. The smallest absolute Gasteiger partial charge is 0.253 e. The van der Waals surface area contributed by atoms with Gasteiger partial charge in [-0.15, -0.1) is 0 Å². The Hall–Kier alpha value is -1.55. The molecule has 1 aromatic rings. The second-order valence-corrected chi connectivity index (χ2v) is 5.69. The Morgan fingerprint density at radius 3 is 3.00 bits per heavy atom. The van der Waals surface area contributed by atoms with E-state index < -0.39 is 0 Å². The maximum Gasteiger partial charge on any atom is 0.253 e. The first kappa shape index (κ1) is 13.4. The molecule has 2 atom stereocenters. The van der Waals surface area contributed by atoms with Gasteiger partial charge in [0.1, 0.15) is 0 Å². The second-order valence-electron chi connectivity index (χ2n) is 5.69. The molecule has 1 aromatic carbocycles. The number of carbonyl (C=O) groups excluding carboxylic acids is 1. The average Bonchev–Trinajstić information content (AvgIpc) is 3.05. The van der Waals surface area contributed by atoms with Crippen molar-refractivity contribution in [2.45, 2.75) is 38.3 Å². The van der Waals surface area contributed by atoms with E-state index >= 15 is 0 Å². The third kappa shape index (κ3) is 2.52. The molecule has 2 N–H and O–H groups in total. The van der Waals surface area contributed by atoms with Crippen molar-refractivity contribution in [3.63, 3.8) is 0 Å². The molecule has 0 spiro atoms. The molecule has 2 saturated heterocycles. The van der Waals surface area contributed by atoms with E-state index in [1.54, 1.807) is 0 Å². The molecule has 0 bridgehead atoms. The number of fused-ring (bicyclic) bond motifs is 1. The summed E-state index contributed by atoms with van der Waals surface area (Å²) in [5, 5.41) is 6.50. The van der Waals surface area contributed by atoms with Gasteiger partial charge >= 0.3 is 0 Å². The third-order valence-corrected chi connectivity index (χ3v) is 4.46. The largest absolute Gasteiger partial charge is 0.385 e. The van der Waals surface area contributed by atoms with Crippen molar-refractivity contribution in [2.24, 2.45) is 0 Å². The van der Waals surface area contributed by atoms with Gasteiger partial charge in [0.15, 0.2) is 0 Å².